The molecule has 10 heteroatoms. The molecular formula is C25H32N2O8. The van der Waals surface area contributed by atoms with Crippen LogP contribution in [0.5, 0.6) is 5.75 Å². The maximum atomic E-state index is 11.9. The first kappa shape index (κ1) is 26.6. The number of benzene rings is 2. The molecule has 1 fully saturated rings. The van der Waals surface area contributed by atoms with Crippen molar-refractivity contribution in [3.05, 3.63) is 53.6 Å². The van der Waals surface area contributed by atoms with Gasteiger partial charge in [0.2, 0.25) is 6.29 Å². The van der Waals surface area contributed by atoms with Crippen molar-refractivity contribution >= 4 is 11.9 Å². The Labute approximate surface area is 204 Å². The predicted octanol–water partition coefficient (Wildman–Crippen LogP) is 0.313. The summed E-state index contributed by atoms with van der Waals surface area (Å²) in [6.45, 7) is 1.55. The molecule has 0 spiro atoms. The second-order valence-corrected chi connectivity index (χ2v) is 8.69. The zero-order valence-corrected chi connectivity index (χ0v) is 20.2. The molecule has 1 saturated heterocycles. The predicted molar refractivity (Wildman–Crippen MR) is 127 cm³/mol. The fourth-order valence-corrected chi connectivity index (χ4v) is 3.70. The van der Waals surface area contributed by atoms with E-state index in [1.165, 1.54) is 0 Å². The van der Waals surface area contributed by atoms with Crippen LogP contribution in [0.3, 0.4) is 0 Å². The van der Waals surface area contributed by atoms with E-state index in [0.717, 1.165) is 16.7 Å². The van der Waals surface area contributed by atoms with Crippen molar-refractivity contribution < 1.29 is 39.1 Å². The van der Waals surface area contributed by atoms with Crippen LogP contribution in [0.1, 0.15) is 15.9 Å². The van der Waals surface area contributed by atoms with E-state index < -0.39 is 36.7 Å². The van der Waals surface area contributed by atoms with Gasteiger partial charge in [0.05, 0.1) is 6.54 Å². The average Bonchev–Trinajstić information content (AvgIpc) is 2.83. The van der Waals surface area contributed by atoms with E-state index in [9.17, 15) is 24.9 Å². The number of esters is 1. The molecule has 1 aliphatic rings. The SMILES string of the molecule is CNC(=O)c1cccc(-c2ccc(OC3O[C@H](COC(=O)CN(C)C)[C@@H](O)[C@H](O)[C@@H]3O)c(C)c2)c1. The third kappa shape index (κ3) is 6.56. The van der Waals surface area contributed by atoms with Crippen molar-refractivity contribution in [2.45, 2.75) is 37.6 Å². The van der Waals surface area contributed by atoms with Gasteiger partial charge in [0.15, 0.2) is 0 Å². The lowest BCUT2D eigenvalue weighted by Crippen LogP contribution is -2.60. The molecule has 5 atom stereocenters. The minimum atomic E-state index is -1.56. The Hall–Kier alpha value is -3.02. The third-order valence-electron chi connectivity index (χ3n) is 5.63. The van der Waals surface area contributed by atoms with Gasteiger partial charge in [-0.2, -0.15) is 0 Å². The summed E-state index contributed by atoms with van der Waals surface area (Å²) in [5.74, 6) is -0.308. The number of ether oxygens (including phenoxy) is 3. The highest BCUT2D eigenvalue weighted by Gasteiger charge is 2.45. The van der Waals surface area contributed by atoms with Crippen molar-refractivity contribution in [2.24, 2.45) is 0 Å². The number of aryl methyl sites for hydroxylation is 1. The Morgan fingerprint density at radius 3 is 2.40 bits per heavy atom. The highest BCUT2D eigenvalue weighted by Crippen LogP contribution is 2.30. The lowest BCUT2D eigenvalue weighted by molar-refractivity contribution is -0.278. The first-order valence-electron chi connectivity index (χ1n) is 11.2. The van der Waals surface area contributed by atoms with E-state index >= 15 is 0 Å². The number of likely N-dealkylation sites (N-methyl/N-ethyl adjacent to an activating group) is 1. The molecule has 35 heavy (non-hydrogen) atoms. The molecule has 1 aliphatic heterocycles. The number of hydrogen-bond donors (Lipinski definition) is 4. The number of aliphatic hydroxyl groups excluding tert-OH is 3. The van der Waals surface area contributed by atoms with E-state index in [2.05, 4.69) is 5.32 Å². The topological polar surface area (TPSA) is 138 Å². The molecule has 1 amide bonds. The molecule has 1 unspecified atom stereocenters. The molecule has 0 saturated carbocycles. The van der Waals surface area contributed by atoms with Crippen LogP contribution in [0.25, 0.3) is 11.1 Å². The van der Waals surface area contributed by atoms with Crippen LogP contribution in [0, 0.1) is 6.92 Å². The van der Waals surface area contributed by atoms with Crippen LogP contribution >= 0.6 is 0 Å². The number of nitrogens with one attached hydrogen (secondary N) is 1. The van der Waals surface area contributed by atoms with E-state index in [1.807, 2.05) is 19.1 Å². The Kier molecular flexibility index (Phi) is 8.82. The molecule has 3 rings (SSSR count). The second kappa shape index (κ2) is 11.6. The smallest absolute Gasteiger partial charge is 0.320 e. The Morgan fingerprint density at radius 2 is 1.74 bits per heavy atom. The highest BCUT2D eigenvalue weighted by molar-refractivity contribution is 5.95. The van der Waals surface area contributed by atoms with Crippen molar-refractivity contribution in [3.63, 3.8) is 0 Å². The van der Waals surface area contributed by atoms with Gasteiger partial charge < -0.3 is 34.8 Å². The zero-order chi connectivity index (χ0) is 25.7. The summed E-state index contributed by atoms with van der Waals surface area (Å²) >= 11 is 0. The standard InChI is InChI=1S/C25H32N2O8/c1-14-10-16(15-6-5-7-17(11-15)24(32)26-2)8-9-18(14)34-25-23(31)22(30)21(29)19(35-25)13-33-20(28)12-27(3)4/h5-11,19,21-23,25,29-31H,12-13H2,1-4H3,(H,26,32)/t19-,21-,22+,23+,25?/m1/s1. The van der Waals surface area contributed by atoms with Crippen LogP contribution < -0.4 is 10.1 Å². The molecule has 190 valence electrons. The minimum Gasteiger partial charge on any atom is -0.462 e. The fraction of sp³-hybridized carbons (Fsp3) is 0.440. The molecule has 4 N–H and O–H groups in total. The lowest BCUT2D eigenvalue weighted by Gasteiger charge is -2.40. The summed E-state index contributed by atoms with van der Waals surface area (Å²) in [5, 5.41) is 33.5. The van der Waals surface area contributed by atoms with Gasteiger partial charge in [-0.25, -0.2) is 0 Å². The molecule has 0 aromatic heterocycles. The van der Waals surface area contributed by atoms with E-state index in [-0.39, 0.29) is 19.1 Å². The fourth-order valence-electron chi connectivity index (χ4n) is 3.70. The molecule has 2 aromatic rings. The second-order valence-electron chi connectivity index (χ2n) is 8.69. The van der Waals surface area contributed by atoms with Crippen LogP contribution in [0.2, 0.25) is 0 Å². The van der Waals surface area contributed by atoms with Gasteiger partial charge in [-0.3, -0.25) is 14.5 Å². The largest absolute Gasteiger partial charge is 0.462 e. The molecule has 2 aromatic carbocycles. The van der Waals surface area contributed by atoms with Crippen molar-refractivity contribution in [3.8, 4) is 16.9 Å². The third-order valence-corrected chi connectivity index (χ3v) is 5.63. The minimum absolute atomic E-state index is 0.0471. The number of hydrogen-bond acceptors (Lipinski definition) is 9. The van der Waals surface area contributed by atoms with Gasteiger partial charge in [-0.1, -0.05) is 18.2 Å². The Balaban J connectivity index is 1.72. The number of carbonyl (C=O) groups is 2. The summed E-state index contributed by atoms with van der Waals surface area (Å²) in [4.78, 5) is 25.4. The molecule has 0 bridgehead atoms. The number of amides is 1. The number of rotatable bonds is 8. The van der Waals surface area contributed by atoms with Gasteiger partial charge in [-0.15, -0.1) is 0 Å². The van der Waals surface area contributed by atoms with Gasteiger partial charge in [0, 0.05) is 12.6 Å². The number of aliphatic hydroxyl groups is 3. The monoisotopic (exact) mass is 488 g/mol. The van der Waals surface area contributed by atoms with Gasteiger partial charge >= 0.3 is 5.97 Å². The highest BCUT2D eigenvalue weighted by atomic mass is 16.7. The molecule has 0 aliphatic carbocycles. The number of nitrogens with zero attached hydrogens (tertiary/aromatic N) is 1. The summed E-state index contributed by atoms with van der Waals surface area (Å²) in [6.07, 6.45) is -6.93. The van der Waals surface area contributed by atoms with Gasteiger partial charge in [0.25, 0.3) is 5.91 Å². The molecule has 10 nitrogen and oxygen atoms in total. The van der Waals surface area contributed by atoms with Crippen LogP contribution in [-0.2, 0) is 14.3 Å². The Morgan fingerprint density at radius 1 is 1.03 bits per heavy atom. The molecule has 0 radical (unpaired) electrons. The quantitative estimate of drug-likeness (QED) is 0.387. The summed E-state index contributed by atoms with van der Waals surface area (Å²) in [5.41, 5.74) is 2.95. The first-order chi connectivity index (χ1) is 16.6. The molecule has 1 heterocycles. The van der Waals surface area contributed by atoms with Crippen molar-refractivity contribution in [1.29, 1.82) is 0 Å². The van der Waals surface area contributed by atoms with Crippen LogP contribution in [-0.4, -0.2) is 97.1 Å². The van der Waals surface area contributed by atoms with E-state index in [4.69, 9.17) is 14.2 Å². The van der Waals surface area contributed by atoms with Crippen molar-refractivity contribution in [2.75, 3.05) is 34.3 Å². The number of carbonyl (C=O) groups excluding carboxylic acids is 2. The zero-order valence-electron chi connectivity index (χ0n) is 20.2. The Bertz CT molecular complexity index is 1040. The van der Waals surface area contributed by atoms with E-state index in [1.54, 1.807) is 56.4 Å². The summed E-state index contributed by atoms with van der Waals surface area (Å²) in [6, 6.07) is 12.5. The first-order valence-corrected chi connectivity index (χ1v) is 11.2. The summed E-state index contributed by atoms with van der Waals surface area (Å²) in [7, 11) is 4.99. The van der Waals surface area contributed by atoms with E-state index in [0.29, 0.717) is 11.3 Å². The molecular weight excluding hydrogens is 456 g/mol. The van der Waals surface area contributed by atoms with Gasteiger partial charge in [0.1, 0.15) is 36.8 Å². The van der Waals surface area contributed by atoms with Crippen molar-refractivity contribution in [1.82, 2.24) is 10.2 Å². The van der Waals surface area contributed by atoms with Crippen LogP contribution in [0.4, 0.5) is 0 Å². The normalized spacial score (nSPS) is 24.2. The maximum absolute atomic E-state index is 11.9. The summed E-state index contributed by atoms with van der Waals surface area (Å²) < 4.78 is 16.6. The average molecular weight is 489 g/mol. The maximum Gasteiger partial charge on any atom is 0.320 e. The van der Waals surface area contributed by atoms with Gasteiger partial charge in [-0.05, 0) is 62.0 Å². The van der Waals surface area contributed by atoms with Crippen LogP contribution in [0.15, 0.2) is 42.5 Å². The lowest BCUT2D eigenvalue weighted by atomic mass is 9.99.